The molecule has 0 bridgehead atoms. The zero-order valence-electron chi connectivity index (χ0n) is 12.5. The van der Waals surface area contributed by atoms with Crippen molar-refractivity contribution in [2.24, 2.45) is 5.41 Å². The Morgan fingerprint density at radius 3 is 2.81 bits per heavy atom. The Hall–Kier alpha value is -1.20. The number of hydrogen-bond donors (Lipinski definition) is 2. The van der Waals surface area contributed by atoms with Gasteiger partial charge in [-0.3, -0.25) is 0 Å². The summed E-state index contributed by atoms with van der Waals surface area (Å²) in [6.07, 6.45) is 5.60. The molecule has 1 atom stereocenters. The Morgan fingerprint density at radius 1 is 1.33 bits per heavy atom. The second-order valence-corrected chi connectivity index (χ2v) is 6.99. The minimum absolute atomic E-state index is 0.0397. The quantitative estimate of drug-likeness (QED) is 0.826. The number of rotatable bonds is 2. The van der Waals surface area contributed by atoms with E-state index < -0.39 is 0 Å². The molecule has 2 N–H and O–H groups in total. The molecule has 2 saturated heterocycles. The summed E-state index contributed by atoms with van der Waals surface area (Å²) in [6, 6.07) is 8.07. The number of thioether (sulfide) groups is 1. The molecule has 0 unspecified atom stereocenters. The van der Waals surface area contributed by atoms with Crippen LogP contribution in [0.3, 0.4) is 0 Å². The van der Waals surface area contributed by atoms with Gasteiger partial charge >= 0.3 is 6.03 Å². The fourth-order valence-corrected chi connectivity index (χ4v) is 3.81. The molecule has 2 aliphatic rings. The number of benzene rings is 1. The van der Waals surface area contributed by atoms with E-state index >= 15 is 0 Å². The number of nitrogens with one attached hydrogen (secondary N) is 2. The van der Waals surface area contributed by atoms with Crippen molar-refractivity contribution in [2.45, 2.75) is 24.2 Å². The predicted octanol–water partition coefficient (Wildman–Crippen LogP) is 3.02. The fraction of sp³-hybridized carbons (Fsp3) is 0.562. The Balaban J connectivity index is 1.61. The first-order valence-corrected chi connectivity index (χ1v) is 8.84. The molecule has 4 nitrogen and oxygen atoms in total. The summed E-state index contributed by atoms with van der Waals surface area (Å²) in [7, 11) is 0. The third kappa shape index (κ3) is 3.35. The minimum Gasteiger partial charge on any atom is -0.324 e. The van der Waals surface area contributed by atoms with Gasteiger partial charge in [-0.2, -0.15) is 0 Å². The number of likely N-dealkylation sites (tertiary alicyclic amines) is 1. The van der Waals surface area contributed by atoms with Gasteiger partial charge in [-0.05, 0) is 56.3 Å². The van der Waals surface area contributed by atoms with Crippen LogP contribution in [0.25, 0.3) is 0 Å². The molecule has 0 aromatic heterocycles. The van der Waals surface area contributed by atoms with Crippen LogP contribution in [-0.4, -0.2) is 43.4 Å². The van der Waals surface area contributed by atoms with E-state index in [-0.39, 0.29) is 6.03 Å². The van der Waals surface area contributed by atoms with Crippen LogP contribution in [0.1, 0.15) is 19.3 Å². The van der Waals surface area contributed by atoms with Crippen LogP contribution >= 0.6 is 11.8 Å². The van der Waals surface area contributed by atoms with Gasteiger partial charge in [0.25, 0.3) is 0 Å². The molecule has 1 aromatic rings. The Bertz CT molecular complexity index is 497. The van der Waals surface area contributed by atoms with Crippen molar-refractivity contribution >= 4 is 23.5 Å². The average Bonchev–Trinajstić information content (AvgIpc) is 2.96. The van der Waals surface area contributed by atoms with Crippen LogP contribution in [0.4, 0.5) is 10.5 Å². The largest absolute Gasteiger partial charge is 0.324 e. The number of amides is 2. The van der Waals surface area contributed by atoms with Crippen molar-refractivity contribution in [3.63, 3.8) is 0 Å². The van der Waals surface area contributed by atoms with E-state index in [9.17, 15) is 4.79 Å². The molecule has 5 heteroatoms. The molecule has 0 aliphatic carbocycles. The SMILES string of the molecule is CSc1ccc(NC(=O)N2CCC[C@]3(CCNC3)C2)cc1. The highest BCUT2D eigenvalue weighted by Gasteiger charge is 2.39. The molecule has 3 rings (SSSR count). The zero-order chi connectivity index (χ0) is 14.7. The molecule has 1 spiro atoms. The highest BCUT2D eigenvalue weighted by Crippen LogP contribution is 2.35. The molecule has 114 valence electrons. The Kier molecular flexibility index (Phi) is 4.40. The van der Waals surface area contributed by atoms with Crippen LogP contribution in [0, 0.1) is 5.41 Å². The molecular weight excluding hydrogens is 282 g/mol. The van der Waals surface area contributed by atoms with Crippen molar-refractivity contribution < 1.29 is 4.79 Å². The fourth-order valence-electron chi connectivity index (χ4n) is 3.40. The molecule has 21 heavy (non-hydrogen) atoms. The minimum atomic E-state index is 0.0397. The summed E-state index contributed by atoms with van der Waals surface area (Å²) in [4.78, 5) is 15.6. The van der Waals surface area contributed by atoms with E-state index in [4.69, 9.17) is 0 Å². The lowest BCUT2D eigenvalue weighted by molar-refractivity contribution is 0.125. The molecule has 1 aromatic carbocycles. The highest BCUT2D eigenvalue weighted by molar-refractivity contribution is 7.98. The molecule has 2 amide bonds. The normalized spacial score (nSPS) is 25.3. The third-order valence-electron chi connectivity index (χ3n) is 4.62. The van der Waals surface area contributed by atoms with E-state index in [1.54, 1.807) is 11.8 Å². The number of hydrogen-bond acceptors (Lipinski definition) is 3. The molecular formula is C16H23N3OS. The maximum Gasteiger partial charge on any atom is 0.321 e. The average molecular weight is 305 g/mol. The summed E-state index contributed by atoms with van der Waals surface area (Å²) < 4.78 is 0. The van der Waals surface area contributed by atoms with Crippen LogP contribution in [0.15, 0.2) is 29.2 Å². The number of carbonyl (C=O) groups excluding carboxylic acids is 1. The van der Waals surface area contributed by atoms with Crippen molar-refractivity contribution in [1.82, 2.24) is 10.2 Å². The molecule has 2 heterocycles. The molecule has 2 aliphatic heterocycles. The molecule has 0 radical (unpaired) electrons. The maximum absolute atomic E-state index is 12.5. The van der Waals surface area contributed by atoms with E-state index in [0.29, 0.717) is 5.41 Å². The number of nitrogens with zero attached hydrogens (tertiary/aromatic N) is 1. The first-order chi connectivity index (χ1) is 10.2. The van der Waals surface area contributed by atoms with Crippen LogP contribution in [0.2, 0.25) is 0 Å². The summed E-state index contributed by atoms with van der Waals surface area (Å²) >= 11 is 1.71. The Labute approximate surface area is 130 Å². The molecule has 0 saturated carbocycles. The number of anilines is 1. The van der Waals surface area contributed by atoms with Crippen molar-refractivity contribution in [3.8, 4) is 0 Å². The molecule has 2 fully saturated rings. The second kappa shape index (κ2) is 6.28. The van der Waals surface area contributed by atoms with Gasteiger partial charge in [0.15, 0.2) is 0 Å². The van der Waals surface area contributed by atoms with Crippen LogP contribution < -0.4 is 10.6 Å². The van der Waals surface area contributed by atoms with E-state index in [1.807, 2.05) is 29.2 Å². The Morgan fingerprint density at radius 2 is 2.14 bits per heavy atom. The van der Waals surface area contributed by atoms with Gasteiger partial charge in [-0.15, -0.1) is 11.8 Å². The highest BCUT2D eigenvalue weighted by atomic mass is 32.2. The van der Waals surface area contributed by atoms with Gasteiger partial charge < -0.3 is 15.5 Å². The van der Waals surface area contributed by atoms with Crippen molar-refractivity contribution in [2.75, 3.05) is 37.8 Å². The summed E-state index contributed by atoms with van der Waals surface area (Å²) in [5.74, 6) is 0. The van der Waals surface area contributed by atoms with E-state index in [1.165, 1.54) is 17.7 Å². The second-order valence-electron chi connectivity index (χ2n) is 6.11. The van der Waals surface area contributed by atoms with Crippen molar-refractivity contribution in [1.29, 1.82) is 0 Å². The topological polar surface area (TPSA) is 44.4 Å². The summed E-state index contributed by atoms with van der Waals surface area (Å²) in [5, 5.41) is 6.47. The monoisotopic (exact) mass is 305 g/mol. The predicted molar refractivity (Wildman–Crippen MR) is 88.0 cm³/mol. The third-order valence-corrected chi connectivity index (χ3v) is 5.37. The summed E-state index contributed by atoms with van der Waals surface area (Å²) in [6.45, 7) is 3.90. The van der Waals surface area contributed by atoms with Gasteiger partial charge in [0.1, 0.15) is 0 Å². The van der Waals surface area contributed by atoms with E-state index in [2.05, 4.69) is 16.9 Å². The number of carbonyl (C=O) groups is 1. The van der Waals surface area contributed by atoms with Gasteiger partial charge in [0.05, 0.1) is 0 Å². The van der Waals surface area contributed by atoms with Gasteiger partial charge in [0, 0.05) is 35.6 Å². The van der Waals surface area contributed by atoms with Crippen LogP contribution in [0.5, 0.6) is 0 Å². The zero-order valence-corrected chi connectivity index (χ0v) is 13.3. The number of piperidine rings is 1. The lowest BCUT2D eigenvalue weighted by Gasteiger charge is -2.39. The number of urea groups is 1. The summed E-state index contributed by atoms with van der Waals surface area (Å²) in [5.41, 5.74) is 1.19. The van der Waals surface area contributed by atoms with Gasteiger partial charge in [0.2, 0.25) is 0 Å². The lowest BCUT2D eigenvalue weighted by Crippen LogP contribution is -2.48. The van der Waals surface area contributed by atoms with E-state index in [0.717, 1.165) is 38.3 Å². The smallest absolute Gasteiger partial charge is 0.321 e. The first kappa shape index (κ1) is 14.7. The van der Waals surface area contributed by atoms with Crippen LogP contribution in [-0.2, 0) is 0 Å². The lowest BCUT2D eigenvalue weighted by atomic mass is 9.79. The van der Waals surface area contributed by atoms with Crippen molar-refractivity contribution in [3.05, 3.63) is 24.3 Å². The first-order valence-electron chi connectivity index (χ1n) is 7.62. The maximum atomic E-state index is 12.5. The van der Waals surface area contributed by atoms with Gasteiger partial charge in [-0.1, -0.05) is 0 Å². The standard InChI is InChI=1S/C16H23N3OS/c1-21-14-5-3-13(4-6-14)18-15(20)19-10-2-7-16(12-19)8-9-17-11-16/h3-6,17H,2,7-12H2,1H3,(H,18,20)/t16-/m1/s1. The van der Waals surface area contributed by atoms with Gasteiger partial charge in [-0.25, -0.2) is 4.79 Å².